The Morgan fingerprint density at radius 2 is 2.05 bits per heavy atom. The number of benzene rings is 1. The van der Waals surface area contributed by atoms with E-state index in [1.165, 1.54) is 6.07 Å². The van der Waals surface area contributed by atoms with Gasteiger partial charge in [-0.15, -0.1) is 0 Å². The maximum Gasteiger partial charge on any atom is 0.416 e. The van der Waals surface area contributed by atoms with Crippen LogP contribution in [-0.2, 0) is 4.79 Å². The number of hydrogen-bond donors (Lipinski definition) is 2. The van der Waals surface area contributed by atoms with Crippen LogP contribution in [0.4, 0.5) is 13.2 Å². The summed E-state index contributed by atoms with van der Waals surface area (Å²) >= 11 is 5.75. The standard InChI is InChI=1S/C11H11ClF3NO3/c12-7-3-1-2-4-8(7)19-6-10(18)16-5-9(17)11(13,14)15/h1-4,9,17H,5-6H2,(H,16,18). The predicted molar refractivity (Wildman–Crippen MR) is 62.0 cm³/mol. The molecular formula is C11H11ClF3NO3. The number of aliphatic hydroxyl groups excluding tert-OH is 1. The van der Waals surface area contributed by atoms with Gasteiger partial charge in [-0.25, -0.2) is 0 Å². The smallest absolute Gasteiger partial charge is 0.416 e. The minimum Gasteiger partial charge on any atom is -0.482 e. The van der Waals surface area contributed by atoms with E-state index in [0.29, 0.717) is 0 Å². The zero-order valence-electron chi connectivity index (χ0n) is 9.58. The van der Waals surface area contributed by atoms with Crippen molar-refractivity contribution >= 4 is 17.5 Å². The van der Waals surface area contributed by atoms with E-state index in [0.717, 1.165) is 0 Å². The number of halogens is 4. The molecule has 1 rings (SSSR count). The molecule has 0 aliphatic heterocycles. The molecule has 0 aliphatic carbocycles. The zero-order valence-corrected chi connectivity index (χ0v) is 10.3. The molecule has 0 bridgehead atoms. The van der Waals surface area contributed by atoms with E-state index >= 15 is 0 Å². The number of hydrogen-bond acceptors (Lipinski definition) is 3. The van der Waals surface area contributed by atoms with Gasteiger partial charge in [-0.3, -0.25) is 4.79 Å². The molecule has 1 aromatic rings. The van der Waals surface area contributed by atoms with Crippen LogP contribution in [0.3, 0.4) is 0 Å². The number of amides is 1. The van der Waals surface area contributed by atoms with E-state index in [9.17, 15) is 18.0 Å². The van der Waals surface area contributed by atoms with Crippen LogP contribution in [0.25, 0.3) is 0 Å². The van der Waals surface area contributed by atoms with Crippen molar-refractivity contribution in [3.8, 4) is 5.75 Å². The lowest BCUT2D eigenvalue weighted by molar-refractivity contribution is -0.201. The van der Waals surface area contributed by atoms with E-state index in [2.05, 4.69) is 0 Å². The van der Waals surface area contributed by atoms with Crippen LogP contribution in [-0.4, -0.2) is 36.4 Å². The number of alkyl halides is 3. The summed E-state index contributed by atoms with van der Waals surface area (Å²) in [5.74, 6) is -0.543. The van der Waals surface area contributed by atoms with Crippen molar-refractivity contribution in [3.63, 3.8) is 0 Å². The molecular weight excluding hydrogens is 287 g/mol. The molecule has 0 fully saturated rings. The van der Waals surface area contributed by atoms with Crippen molar-refractivity contribution in [2.75, 3.05) is 13.2 Å². The number of rotatable bonds is 5. The minimum atomic E-state index is -4.77. The highest BCUT2D eigenvalue weighted by atomic mass is 35.5. The van der Waals surface area contributed by atoms with Crippen LogP contribution in [0.15, 0.2) is 24.3 Å². The van der Waals surface area contributed by atoms with Crippen molar-refractivity contribution in [1.82, 2.24) is 5.32 Å². The van der Waals surface area contributed by atoms with Gasteiger partial charge in [-0.2, -0.15) is 13.2 Å². The van der Waals surface area contributed by atoms with Crippen molar-refractivity contribution in [2.24, 2.45) is 0 Å². The molecule has 1 unspecified atom stereocenters. The van der Waals surface area contributed by atoms with Crippen molar-refractivity contribution in [3.05, 3.63) is 29.3 Å². The summed E-state index contributed by atoms with van der Waals surface area (Å²) in [4.78, 5) is 11.2. The molecule has 0 saturated carbocycles. The number of aliphatic hydroxyl groups is 1. The minimum absolute atomic E-state index is 0.246. The highest BCUT2D eigenvalue weighted by Gasteiger charge is 2.38. The fourth-order valence-electron chi connectivity index (χ4n) is 1.08. The van der Waals surface area contributed by atoms with E-state index in [1.54, 1.807) is 18.2 Å². The van der Waals surface area contributed by atoms with E-state index < -0.39 is 31.3 Å². The van der Waals surface area contributed by atoms with Gasteiger partial charge in [-0.1, -0.05) is 23.7 Å². The Bertz CT molecular complexity index is 439. The third-order valence-electron chi connectivity index (χ3n) is 2.07. The van der Waals surface area contributed by atoms with Crippen molar-refractivity contribution in [1.29, 1.82) is 0 Å². The molecule has 0 radical (unpaired) electrons. The maximum atomic E-state index is 12.0. The molecule has 1 aromatic carbocycles. The normalized spacial score (nSPS) is 12.9. The first kappa shape index (κ1) is 15.6. The van der Waals surface area contributed by atoms with E-state index in [-0.39, 0.29) is 10.8 Å². The summed E-state index contributed by atoms with van der Waals surface area (Å²) in [6.45, 7) is -1.41. The van der Waals surface area contributed by atoms with Crippen LogP contribution in [0.1, 0.15) is 0 Å². The Kier molecular flexibility index (Phi) is 5.44. The molecule has 19 heavy (non-hydrogen) atoms. The van der Waals surface area contributed by atoms with Crippen molar-refractivity contribution in [2.45, 2.75) is 12.3 Å². The summed E-state index contributed by atoms with van der Waals surface area (Å²) in [5, 5.41) is 10.8. The molecule has 1 amide bonds. The summed E-state index contributed by atoms with van der Waals surface area (Å²) in [5.41, 5.74) is 0. The van der Waals surface area contributed by atoms with Crippen LogP contribution >= 0.6 is 11.6 Å². The topological polar surface area (TPSA) is 58.6 Å². The molecule has 2 N–H and O–H groups in total. The highest BCUT2D eigenvalue weighted by molar-refractivity contribution is 6.32. The van der Waals surface area contributed by atoms with Gasteiger partial charge in [0.2, 0.25) is 0 Å². The second kappa shape index (κ2) is 6.63. The highest BCUT2D eigenvalue weighted by Crippen LogP contribution is 2.23. The average Bonchev–Trinajstić information content (AvgIpc) is 2.33. The van der Waals surface area contributed by atoms with Gasteiger partial charge in [0.15, 0.2) is 12.7 Å². The molecule has 0 spiro atoms. The number of nitrogens with one attached hydrogen (secondary N) is 1. The molecule has 0 saturated heterocycles. The van der Waals surface area contributed by atoms with E-state index in [1.807, 2.05) is 5.32 Å². The third-order valence-corrected chi connectivity index (χ3v) is 2.38. The van der Waals surface area contributed by atoms with Gasteiger partial charge in [0.05, 0.1) is 11.6 Å². The molecule has 8 heteroatoms. The second-order valence-electron chi connectivity index (χ2n) is 3.58. The zero-order chi connectivity index (χ0) is 14.5. The van der Waals surface area contributed by atoms with Crippen LogP contribution in [0.5, 0.6) is 5.75 Å². The summed E-state index contributed by atoms with van der Waals surface area (Å²) in [7, 11) is 0. The lowest BCUT2D eigenvalue weighted by Crippen LogP contribution is -2.42. The van der Waals surface area contributed by atoms with Gasteiger partial charge in [0, 0.05) is 0 Å². The van der Waals surface area contributed by atoms with Crippen LogP contribution < -0.4 is 10.1 Å². The number of carbonyl (C=O) groups is 1. The van der Waals surface area contributed by atoms with Gasteiger partial charge in [0.1, 0.15) is 5.75 Å². The lowest BCUT2D eigenvalue weighted by atomic mass is 10.3. The summed E-state index contributed by atoms with van der Waals surface area (Å²) < 4.78 is 40.9. The number of ether oxygens (including phenoxy) is 1. The molecule has 0 aromatic heterocycles. The largest absolute Gasteiger partial charge is 0.482 e. The lowest BCUT2D eigenvalue weighted by Gasteiger charge is -2.15. The first-order valence-corrected chi connectivity index (χ1v) is 5.57. The Balaban J connectivity index is 2.35. The predicted octanol–water partition coefficient (Wildman–Crippen LogP) is 1.76. The second-order valence-corrected chi connectivity index (χ2v) is 3.99. The fraction of sp³-hybridized carbons (Fsp3) is 0.364. The SMILES string of the molecule is O=C(COc1ccccc1Cl)NCC(O)C(F)(F)F. The van der Waals surface area contributed by atoms with E-state index in [4.69, 9.17) is 21.4 Å². The maximum absolute atomic E-state index is 12.0. The third kappa shape index (κ3) is 5.35. The van der Waals surface area contributed by atoms with Crippen molar-refractivity contribution < 1.29 is 27.8 Å². The molecule has 1 atom stereocenters. The van der Waals surface area contributed by atoms with Gasteiger partial charge >= 0.3 is 6.18 Å². The summed E-state index contributed by atoms with van der Waals surface area (Å²) in [6, 6.07) is 6.35. The number of para-hydroxylation sites is 1. The van der Waals surface area contributed by atoms with Crippen LogP contribution in [0.2, 0.25) is 5.02 Å². The molecule has 106 valence electrons. The molecule has 0 heterocycles. The fourth-order valence-corrected chi connectivity index (χ4v) is 1.27. The monoisotopic (exact) mass is 297 g/mol. The van der Waals surface area contributed by atoms with Gasteiger partial charge in [-0.05, 0) is 12.1 Å². The number of carbonyl (C=O) groups excluding carboxylic acids is 1. The average molecular weight is 298 g/mol. The Labute approximate surface area is 112 Å². The quantitative estimate of drug-likeness (QED) is 0.870. The molecule has 4 nitrogen and oxygen atoms in total. The molecule has 0 aliphatic rings. The Morgan fingerprint density at radius 1 is 1.42 bits per heavy atom. The van der Waals surface area contributed by atoms with Crippen LogP contribution in [0, 0.1) is 0 Å². The van der Waals surface area contributed by atoms with Gasteiger partial charge in [0.25, 0.3) is 5.91 Å². The Morgan fingerprint density at radius 3 is 2.63 bits per heavy atom. The first-order valence-electron chi connectivity index (χ1n) is 5.19. The first-order chi connectivity index (χ1) is 8.80. The van der Waals surface area contributed by atoms with Gasteiger partial charge < -0.3 is 15.2 Å². The summed E-state index contributed by atoms with van der Waals surface area (Å²) in [6.07, 6.45) is -7.37. The Hall–Kier alpha value is -1.47.